The largest absolute Gasteiger partial charge is 0.495 e. The highest BCUT2D eigenvalue weighted by atomic mass is 79.9. The predicted octanol–water partition coefficient (Wildman–Crippen LogP) is 4.35. The molecule has 8 nitrogen and oxygen atoms in total. The Bertz CT molecular complexity index is 1190. The van der Waals surface area contributed by atoms with Gasteiger partial charge < -0.3 is 15.0 Å². The van der Waals surface area contributed by atoms with Gasteiger partial charge in [-0.25, -0.2) is 8.42 Å². The van der Waals surface area contributed by atoms with E-state index in [0.717, 1.165) is 46.3 Å². The van der Waals surface area contributed by atoms with Crippen LogP contribution in [0.4, 0.5) is 5.69 Å². The first-order valence-electron chi connectivity index (χ1n) is 11.6. The molecule has 3 rings (SSSR count). The SMILES string of the molecule is COc1ccc(N(CC(=O)N(Cc2ccc(Br)cc2)[C@@H](C)C(=O)NC2CCCC2)S(C)(=O)=O)cc1Cl. The topological polar surface area (TPSA) is 96.0 Å². The highest BCUT2D eigenvalue weighted by molar-refractivity contribution is 9.10. The second kappa shape index (κ2) is 12.3. The van der Waals surface area contributed by atoms with E-state index in [1.54, 1.807) is 6.92 Å². The Balaban J connectivity index is 1.89. The van der Waals surface area contributed by atoms with E-state index in [-0.39, 0.29) is 29.2 Å². The van der Waals surface area contributed by atoms with Gasteiger partial charge in [-0.3, -0.25) is 13.9 Å². The van der Waals surface area contributed by atoms with Gasteiger partial charge in [-0.05, 0) is 55.7 Å². The fraction of sp³-hybridized carbons (Fsp3) is 0.440. The molecule has 2 amide bonds. The Kier molecular flexibility index (Phi) is 9.66. The van der Waals surface area contributed by atoms with Crippen LogP contribution < -0.4 is 14.4 Å². The van der Waals surface area contributed by atoms with E-state index in [0.29, 0.717) is 5.75 Å². The summed E-state index contributed by atoms with van der Waals surface area (Å²) in [6.45, 7) is 1.32. The minimum absolute atomic E-state index is 0.0959. The maximum atomic E-state index is 13.6. The molecule has 2 aromatic carbocycles. The van der Waals surface area contributed by atoms with Gasteiger partial charge in [-0.2, -0.15) is 0 Å². The fourth-order valence-electron chi connectivity index (χ4n) is 4.19. The van der Waals surface area contributed by atoms with Gasteiger partial charge in [0.1, 0.15) is 18.3 Å². The lowest BCUT2D eigenvalue weighted by atomic mass is 10.1. The number of sulfonamides is 1. The first-order chi connectivity index (χ1) is 17.0. The Labute approximate surface area is 226 Å². The van der Waals surface area contributed by atoms with E-state index in [9.17, 15) is 18.0 Å². The Morgan fingerprint density at radius 2 is 1.81 bits per heavy atom. The third-order valence-electron chi connectivity index (χ3n) is 6.24. The highest BCUT2D eigenvalue weighted by Gasteiger charge is 2.31. The number of rotatable bonds is 10. The highest BCUT2D eigenvalue weighted by Crippen LogP contribution is 2.30. The van der Waals surface area contributed by atoms with Crippen molar-refractivity contribution in [1.82, 2.24) is 10.2 Å². The number of halogens is 2. The molecule has 1 saturated carbocycles. The van der Waals surface area contributed by atoms with Crippen molar-refractivity contribution >= 4 is 55.1 Å². The van der Waals surface area contributed by atoms with Crippen LogP contribution in [0.25, 0.3) is 0 Å². The van der Waals surface area contributed by atoms with E-state index in [4.69, 9.17) is 16.3 Å². The molecule has 36 heavy (non-hydrogen) atoms. The van der Waals surface area contributed by atoms with Gasteiger partial charge in [0.2, 0.25) is 21.8 Å². The van der Waals surface area contributed by atoms with E-state index >= 15 is 0 Å². The molecule has 1 fully saturated rings. The zero-order valence-electron chi connectivity index (χ0n) is 20.5. The second-order valence-corrected chi connectivity index (χ2v) is 12.1. The van der Waals surface area contributed by atoms with Crippen LogP contribution in [0.3, 0.4) is 0 Å². The number of anilines is 1. The van der Waals surface area contributed by atoms with Crippen LogP contribution in [0.5, 0.6) is 5.75 Å². The molecular weight excluding hydrogens is 570 g/mol. The van der Waals surface area contributed by atoms with Crippen molar-refractivity contribution in [2.75, 3.05) is 24.2 Å². The van der Waals surface area contributed by atoms with Crippen LogP contribution in [0.15, 0.2) is 46.9 Å². The number of amides is 2. The first kappa shape index (κ1) is 28.3. The molecule has 1 aliphatic carbocycles. The lowest BCUT2D eigenvalue weighted by Crippen LogP contribution is -2.52. The molecule has 196 valence electrons. The standard InChI is InChI=1S/C25H31BrClN3O5S/c1-17(25(32)28-20-6-4-5-7-20)29(15-18-8-10-19(26)11-9-18)24(31)16-30(36(3,33)34)21-12-13-23(35-2)22(27)14-21/h8-14,17,20H,4-7,15-16H2,1-3H3,(H,28,32)/t17-/m0/s1. The van der Waals surface area contributed by atoms with Crippen LogP contribution in [0, 0.1) is 0 Å². The quantitative estimate of drug-likeness (QED) is 0.437. The smallest absolute Gasteiger partial charge is 0.244 e. The Morgan fingerprint density at radius 1 is 1.17 bits per heavy atom. The van der Waals surface area contributed by atoms with Crippen molar-refractivity contribution < 1.29 is 22.7 Å². The molecule has 0 spiro atoms. The van der Waals surface area contributed by atoms with Crippen LogP contribution in [-0.2, 0) is 26.2 Å². The summed E-state index contributed by atoms with van der Waals surface area (Å²) < 4.78 is 32.4. The average Bonchev–Trinajstić information content (AvgIpc) is 3.33. The predicted molar refractivity (Wildman–Crippen MR) is 145 cm³/mol. The van der Waals surface area contributed by atoms with Gasteiger partial charge in [0.15, 0.2) is 0 Å². The van der Waals surface area contributed by atoms with Gasteiger partial charge in [0.25, 0.3) is 0 Å². The van der Waals surface area contributed by atoms with Crippen LogP contribution in [-0.4, -0.2) is 57.1 Å². The third-order valence-corrected chi connectivity index (χ3v) is 8.20. The summed E-state index contributed by atoms with van der Waals surface area (Å²) in [6.07, 6.45) is 4.98. The van der Waals surface area contributed by atoms with Crippen LogP contribution >= 0.6 is 27.5 Å². The summed E-state index contributed by atoms with van der Waals surface area (Å²) in [5, 5.41) is 3.26. The average molecular weight is 601 g/mol. The zero-order chi connectivity index (χ0) is 26.5. The molecule has 1 N–H and O–H groups in total. The van der Waals surface area contributed by atoms with Crippen molar-refractivity contribution in [3.8, 4) is 5.75 Å². The number of benzene rings is 2. The minimum atomic E-state index is -3.85. The molecular formula is C25H31BrClN3O5S. The normalized spacial score (nSPS) is 14.8. The molecule has 0 radical (unpaired) electrons. The second-order valence-electron chi connectivity index (χ2n) is 8.90. The van der Waals surface area contributed by atoms with E-state index in [2.05, 4.69) is 21.2 Å². The molecule has 0 aliphatic heterocycles. The lowest BCUT2D eigenvalue weighted by Gasteiger charge is -2.32. The molecule has 2 aromatic rings. The molecule has 0 heterocycles. The molecule has 11 heteroatoms. The number of carbonyl (C=O) groups excluding carboxylic acids is 2. The number of nitrogens with one attached hydrogen (secondary N) is 1. The number of hydrogen-bond donors (Lipinski definition) is 1. The van der Waals surface area contributed by atoms with Gasteiger partial charge in [0, 0.05) is 17.1 Å². The number of hydrogen-bond acceptors (Lipinski definition) is 5. The van der Waals surface area contributed by atoms with Gasteiger partial charge in [-0.1, -0.05) is 52.5 Å². The van der Waals surface area contributed by atoms with Crippen molar-refractivity contribution in [1.29, 1.82) is 0 Å². The van der Waals surface area contributed by atoms with Gasteiger partial charge in [0.05, 0.1) is 24.1 Å². The monoisotopic (exact) mass is 599 g/mol. The van der Waals surface area contributed by atoms with Crippen LogP contribution in [0.1, 0.15) is 38.2 Å². The van der Waals surface area contributed by atoms with Crippen molar-refractivity contribution in [2.45, 2.75) is 51.2 Å². The molecule has 0 aromatic heterocycles. The zero-order valence-corrected chi connectivity index (χ0v) is 23.7. The fourth-order valence-corrected chi connectivity index (χ4v) is 5.54. The summed E-state index contributed by atoms with van der Waals surface area (Å²) in [7, 11) is -2.39. The summed E-state index contributed by atoms with van der Waals surface area (Å²) in [6, 6.07) is 11.2. The minimum Gasteiger partial charge on any atom is -0.495 e. The summed E-state index contributed by atoms with van der Waals surface area (Å²) in [5.41, 5.74) is 1.04. The Hall–Kier alpha value is -2.30. The number of ether oxygens (including phenoxy) is 1. The number of nitrogens with zero attached hydrogens (tertiary/aromatic N) is 2. The maximum absolute atomic E-state index is 13.6. The molecule has 1 atom stereocenters. The molecule has 0 bridgehead atoms. The van der Waals surface area contributed by atoms with Crippen molar-refractivity contribution in [3.05, 3.63) is 57.5 Å². The van der Waals surface area contributed by atoms with Crippen LogP contribution in [0.2, 0.25) is 5.02 Å². The first-order valence-corrected chi connectivity index (χ1v) is 14.7. The van der Waals surface area contributed by atoms with Gasteiger partial charge >= 0.3 is 0 Å². The number of methoxy groups -OCH3 is 1. The third kappa shape index (κ3) is 7.36. The Morgan fingerprint density at radius 3 is 2.36 bits per heavy atom. The van der Waals surface area contributed by atoms with Gasteiger partial charge in [-0.15, -0.1) is 0 Å². The maximum Gasteiger partial charge on any atom is 0.244 e. The van der Waals surface area contributed by atoms with E-state index in [1.165, 1.54) is 30.2 Å². The lowest BCUT2D eigenvalue weighted by molar-refractivity contribution is -0.139. The van der Waals surface area contributed by atoms with Crippen molar-refractivity contribution in [2.24, 2.45) is 0 Å². The van der Waals surface area contributed by atoms with Crippen molar-refractivity contribution in [3.63, 3.8) is 0 Å². The van der Waals surface area contributed by atoms with E-state index < -0.39 is 28.5 Å². The summed E-state index contributed by atoms with van der Waals surface area (Å²) in [4.78, 5) is 28.1. The molecule has 1 aliphatic rings. The summed E-state index contributed by atoms with van der Waals surface area (Å²) >= 11 is 9.62. The number of carbonyl (C=O) groups is 2. The van der Waals surface area contributed by atoms with E-state index in [1.807, 2.05) is 24.3 Å². The summed E-state index contributed by atoms with van der Waals surface area (Å²) in [5.74, 6) is -0.385. The molecule has 0 unspecified atom stereocenters. The molecule has 0 saturated heterocycles.